The average molecular weight is 438 g/mol. The SMILES string of the molecule is c1ccc(C2=C(c3ccccn3)[Si](c3ccccc3)(c3ccccc3)c3ccccc32)cc1. The third-order valence-electron chi connectivity index (χ3n) is 6.62. The Hall–Kier alpha value is -4.01. The Kier molecular flexibility index (Phi) is 4.86. The highest BCUT2D eigenvalue weighted by molar-refractivity contribution is 7.25. The molecule has 1 nitrogen and oxygen atoms in total. The molecule has 0 spiro atoms. The van der Waals surface area contributed by atoms with E-state index in [1.165, 1.54) is 37.5 Å². The van der Waals surface area contributed by atoms with E-state index >= 15 is 0 Å². The van der Waals surface area contributed by atoms with Gasteiger partial charge in [-0.15, -0.1) is 0 Å². The van der Waals surface area contributed by atoms with E-state index in [2.05, 4.69) is 127 Å². The second-order valence-corrected chi connectivity index (χ2v) is 12.1. The largest absolute Gasteiger partial charge is 0.257 e. The van der Waals surface area contributed by atoms with Crippen molar-refractivity contribution in [3.63, 3.8) is 0 Å². The van der Waals surface area contributed by atoms with E-state index < -0.39 is 8.07 Å². The highest BCUT2D eigenvalue weighted by Gasteiger charge is 2.51. The molecule has 0 atom stereocenters. The Balaban J connectivity index is 1.85. The van der Waals surface area contributed by atoms with E-state index in [0.717, 1.165) is 5.69 Å². The molecule has 1 aromatic heterocycles. The summed E-state index contributed by atoms with van der Waals surface area (Å²) >= 11 is 0. The first-order chi connectivity index (χ1) is 16.4. The molecule has 1 aliphatic rings. The number of fused-ring (bicyclic) bond motifs is 1. The quantitative estimate of drug-likeness (QED) is 0.358. The molecule has 0 aliphatic carbocycles. The predicted octanol–water partition coefficient (Wildman–Crippen LogP) is 5.06. The van der Waals surface area contributed by atoms with Gasteiger partial charge in [-0.05, 0) is 49.6 Å². The van der Waals surface area contributed by atoms with E-state index in [9.17, 15) is 0 Å². The van der Waals surface area contributed by atoms with E-state index in [0.29, 0.717) is 0 Å². The molecule has 33 heavy (non-hydrogen) atoms. The highest BCUT2D eigenvalue weighted by Crippen LogP contribution is 2.42. The average Bonchev–Trinajstić information content (AvgIpc) is 3.23. The number of hydrogen-bond acceptors (Lipinski definition) is 1. The van der Waals surface area contributed by atoms with Crippen LogP contribution in [-0.4, -0.2) is 13.1 Å². The summed E-state index contributed by atoms with van der Waals surface area (Å²) in [5, 5.41) is 5.57. The zero-order chi connectivity index (χ0) is 22.1. The fraction of sp³-hybridized carbons (Fsp3) is 0. The number of hydrogen-bond donors (Lipinski definition) is 0. The molecule has 6 rings (SSSR count). The zero-order valence-electron chi connectivity index (χ0n) is 18.2. The van der Waals surface area contributed by atoms with Crippen molar-refractivity contribution in [1.82, 2.24) is 4.98 Å². The summed E-state index contributed by atoms with van der Waals surface area (Å²) in [5.41, 5.74) is 4.94. The minimum Gasteiger partial charge on any atom is -0.257 e. The molecule has 0 radical (unpaired) electrons. The van der Waals surface area contributed by atoms with Gasteiger partial charge in [-0.3, -0.25) is 4.98 Å². The van der Waals surface area contributed by atoms with Gasteiger partial charge in [-0.1, -0.05) is 121 Å². The summed E-state index contributed by atoms with van der Waals surface area (Å²) in [6, 6.07) is 48.3. The van der Waals surface area contributed by atoms with Crippen molar-refractivity contribution in [3.05, 3.63) is 156 Å². The molecule has 0 saturated heterocycles. The lowest BCUT2D eigenvalue weighted by atomic mass is 9.97. The van der Waals surface area contributed by atoms with Gasteiger partial charge in [0.1, 0.15) is 0 Å². The normalized spacial score (nSPS) is 14.2. The summed E-state index contributed by atoms with van der Waals surface area (Å²) in [6.07, 6.45) is 1.92. The first kappa shape index (κ1) is 19.7. The summed E-state index contributed by atoms with van der Waals surface area (Å²) in [4.78, 5) is 4.94. The number of pyridine rings is 1. The molecule has 4 aromatic carbocycles. The first-order valence-electron chi connectivity index (χ1n) is 11.3. The van der Waals surface area contributed by atoms with Crippen LogP contribution in [0.2, 0.25) is 0 Å². The second kappa shape index (κ2) is 8.16. The van der Waals surface area contributed by atoms with Crippen LogP contribution in [0.5, 0.6) is 0 Å². The summed E-state index contributed by atoms with van der Waals surface area (Å²) < 4.78 is 0. The van der Waals surface area contributed by atoms with E-state index in [1.54, 1.807) is 0 Å². The van der Waals surface area contributed by atoms with E-state index in [4.69, 9.17) is 4.98 Å². The van der Waals surface area contributed by atoms with Crippen LogP contribution in [0.1, 0.15) is 16.8 Å². The Morgan fingerprint density at radius 1 is 0.485 bits per heavy atom. The van der Waals surface area contributed by atoms with Gasteiger partial charge in [0.15, 0.2) is 8.07 Å². The molecular weight excluding hydrogens is 414 g/mol. The Labute approximate surface area is 195 Å². The summed E-state index contributed by atoms with van der Waals surface area (Å²) in [5.74, 6) is 0. The third-order valence-corrected chi connectivity index (χ3v) is 11.5. The van der Waals surface area contributed by atoms with Gasteiger partial charge in [-0.25, -0.2) is 0 Å². The lowest BCUT2D eigenvalue weighted by Crippen LogP contribution is -2.67. The van der Waals surface area contributed by atoms with Crippen LogP contribution in [0, 0.1) is 0 Å². The predicted molar refractivity (Wildman–Crippen MR) is 141 cm³/mol. The Morgan fingerprint density at radius 3 is 1.64 bits per heavy atom. The maximum absolute atomic E-state index is 4.94. The maximum Gasteiger partial charge on any atom is 0.183 e. The van der Waals surface area contributed by atoms with Gasteiger partial charge in [-0.2, -0.15) is 0 Å². The molecule has 0 bridgehead atoms. The van der Waals surface area contributed by atoms with Crippen LogP contribution in [0.3, 0.4) is 0 Å². The van der Waals surface area contributed by atoms with E-state index in [1.807, 2.05) is 12.3 Å². The van der Waals surface area contributed by atoms with Gasteiger partial charge >= 0.3 is 0 Å². The molecule has 0 saturated carbocycles. The molecule has 1 aliphatic heterocycles. The monoisotopic (exact) mass is 437 g/mol. The maximum atomic E-state index is 4.94. The van der Waals surface area contributed by atoms with Crippen molar-refractivity contribution in [3.8, 4) is 0 Å². The number of rotatable bonds is 4. The van der Waals surface area contributed by atoms with Crippen molar-refractivity contribution in [1.29, 1.82) is 0 Å². The molecule has 0 amide bonds. The van der Waals surface area contributed by atoms with Crippen LogP contribution in [-0.2, 0) is 0 Å². The van der Waals surface area contributed by atoms with Gasteiger partial charge in [0.05, 0.1) is 5.69 Å². The van der Waals surface area contributed by atoms with Crippen molar-refractivity contribution >= 4 is 34.4 Å². The minimum atomic E-state index is -2.60. The number of benzene rings is 4. The lowest BCUT2D eigenvalue weighted by molar-refractivity contribution is 1.29. The second-order valence-electron chi connectivity index (χ2n) is 8.36. The Morgan fingerprint density at radius 2 is 1.03 bits per heavy atom. The van der Waals surface area contributed by atoms with Crippen molar-refractivity contribution in [2.45, 2.75) is 0 Å². The van der Waals surface area contributed by atoms with Crippen LogP contribution in [0.4, 0.5) is 0 Å². The van der Waals surface area contributed by atoms with Gasteiger partial charge in [0.2, 0.25) is 0 Å². The smallest absolute Gasteiger partial charge is 0.183 e. The molecular formula is C31H23NSi. The molecule has 5 aromatic rings. The fourth-order valence-corrected chi connectivity index (χ4v) is 10.7. The number of nitrogens with zero attached hydrogens (tertiary/aromatic N) is 1. The van der Waals surface area contributed by atoms with Crippen LogP contribution >= 0.6 is 0 Å². The van der Waals surface area contributed by atoms with E-state index in [-0.39, 0.29) is 0 Å². The van der Waals surface area contributed by atoms with Gasteiger partial charge < -0.3 is 0 Å². The van der Waals surface area contributed by atoms with Crippen LogP contribution in [0.25, 0.3) is 10.8 Å². The molecule has 0 unspecified atom stereocenters. The van der Waals surface area contributed by atoms with Gasteiger partial charge in [0.25, 0.3) is 0 Å². The fourth-order valence-electron chi connectivity index (χ4n) is 5.36. The molecule has 2 heterocycles. The van der Waals surface area contributed by atoms with Crippen LogP contribution in [0.15, 0.2) is 140 Å². The first-order valence-corrected chi connectivity index (χ1v) is 13.3. The molecule has 0 N–H and O–H groups in total. The molecule has 156 valence electrons. The topological polar surface area (TPSA) is 12.9 Å². The lowest BCUT2D eigenvalue weighted by Gasteiger charge is -2.33. The van der Waals surface area contributed by atoms with Gasteiger partial charge in [0, 0.05) is 6.20 Å². The summed E-state index contributed by atoms with van der Waals surface area (Å²) in [6.45, 7) is 0. The third kappa shape index (κ3) is 3.03. The molecule has 0 fully saturated rings. The number of aromatic nitrogens is 1. The highest BCUT2D eigenvalue weighted by atomic mass is 28.3. The van der Waals surface area contributed by atoms with Crippen molar-refractivity contribution in [2.24, 2.45) is 0 Å². The van der Waals surface area contributed by atoms with Crippen molar-refractivity contribution in [2.75, 3.05) is 0 Å². The summed E-state index contributed by atoms with van der Waals surface area (Å²) in [7, 11) is -2.60. The minimum absolute atomic E-state index is 1.06. The molecule has 2 heteroatoms. The van der Waals surface area contributed by atoms with Crippen molar-refractivity contribution < 1.29 is 0 Å². The standard InChI is InChI=1S/C31H23NSi/c1-4-14-24(15-5-1)30-27-20-10-11-22-29(27)33(25-16-6-2-7-17-25,26-18-8-3-9-19-26)31(30)28-21-12-13-23-32-28/h1-23H. The Bertz CT molecular complexity index is 1390. The van der Waals surface area contributed by atoms with Crippen LogP contribution < -0.4 is 15.6 Å². The zero-order valence-corrected chi connectivity index (χ0v) is 19.2.